The summed E-state index contributed by atoms with van der Waals surface area (Å²) in [4.78, 5) is 13.4. The average molecular weight is 219 g/mol. The van der Waals surface area contributed by atoms with Crippen LogP contribution in [0.15, 0.2) is 21.3 Å². The lowest BCUT2D eigenvalue weighted by atomic mass is 10.3. The molecule has 3 nitrogen and oxygen atoms in total. The van der Waals surface area contributed by atoms with Gasteiger partial charge in [-0.1, -0.05) is 22.9 Å². The van der Waals surface area contributed by atoms with Crippen molar-refractivity contribution < 1.29 is 0 Å². The van der Waals surface area contributed by atoms with Gasteiger partial charge in [-0.25, -0.2) is 0 Å². The van der Waals surface area contributed by atoms with E-state index in [1.807, 2.05) is 12.3 Å². The molecule has 0 amide bonds. The highest BCUT2D eigenvalue weighted by Crippen LogP contribution is 1.96. The Kier molecular flexibility index (Phi) is 4.21. The summed E-state index contributed by atoms with van der Waals surface area (Å²) in [6.07, 6.45) is 0. The fraction of sp³-hybridized carbons (Fsp3) is 0.375. The molecule has 0 aromatic carbocycles. The topological polar surface area (TPSA) is 44.9 Å². The molecule has 1 aromatic rings. The Bertz CT molecular complexity index is 342. The summed E-state index contributed by atoms with van der Waals surface area (Å²) in [6, 6.07) is 0. The SMILES string of the molecule is CC(=CCl)CNCc1csc(=O)[nH]1. The largest absolute Gasteiger partial charge is 0.315 e. The molecule has 0 aliphatic carbocycles. The summed E-state index contributed by atoms with van der Waals surface area (Å²) in [5.74, 6) is 0. The molecule has 13 heavy (non-hydrogen) atoms. The van der Waals surface area contributed by atoms with Crippen LogP contribution in [-0.2, 0) is 6.54 Å². The van der Waals surface area contributed by atoms with E-state index in [-0.39, 0.29) is 4.87 Å². The number of hydrogen-bond donors (Lipinski definition) is 2. The minimum absolute atomic E-state index is 0.0126. The number of rotatable bonds is 4. The molecular weight excluding hydrogens is 208 g/mol. The van der Waals surface area contributed by atoms with Gasteiger partial charge in [0, 0.05) is 29.7 Å². The van der Waals surface area contributed by atoms with Gasteiger partial charge in [0.25, 0.3) is 0 Å². The fourth-order valence-electron chi connectivity index (χ4n) is 0.833. The Labute approximate surface area is 85.4 Å². The van der Waals surface area contributed by atoms with Gasteiger partial charge >= 0.3 is 4.87 Å². The summed E-state index contributed by atoms with van der Waals surface area (Å²) < 4.78 is 0. The van der Waals surface area contributed by atoms with Crippen LogP contribution in [0.1, 0.15) is 12.6 Å². The maximum Gasteiger partial charge on any atom is 0.304 e. The zero-order valence-electron chi connectivity index (χ0n) is 7.26. The lowest BCUT2D eigenvalue weighted by molar-refractivity contribution is 0.726. The second kappa shape index (κ2) is 5.21. The number of aromatic nitrogens is 1. The third kappa shape index (κ3) is 3.76. The van der Waals surface area contributed by atoms with E-state index in [2.05, 4.69) is 10.3 Å². The summed E-state index contributed by atoms with van der Waals surface area (Å²) in [5, 5.41) is 4.96. The van der Waals surface area contributed by atoms with Crippen molar-refractivity contribution in [2.45, 2.75) is 13.5 Å². The first-order valence-corrected chi connectivity index (χ1v) is 5.17. The van der Waals surface area contributed by atoms with Crippen molar-refractivity contribution in [3.8, 4) is 0 Å². The highest BCUT2D eigenvalue weighted by atomic mass is 35.5. The quantitative estimate of drug-likeness (QED) is 0.808. The van der Waals surface area contributed by atoms with Crippen LogP contribution in [0, 0.1) is 0 Å². The number of halogens is 1. The van der Waals surface area contributed by atoms with Crippen molar-refractivity contribution in [1.82, 2.24) is 10.3 Å². The van der Waals surface area contributed by atoms with Gasteiger partial charge in [0.05, 0.1) is 0 Å². The molecule has 0 spiro atoms. The van der Waals surface area contributed by atoms with Crippen molar-refractivity contribution >= 4 is 22.9 Å². The zero-order valence-corrected chi connectivity index (χ0v) is 8.84. The van der Waals surface area contributed by atoms with Crippen molar-refractivity contribution in [2.75, 3.05) is 6.54 Å². The Morgan fingerprint density at radius 2 is 2.62 bits per heavy atom. The first-order chi connectivity index (χ1) is 6.22. The molecule has 1 aromatic heterocycles. The van der Waals surface area contributed by atoms with E-state index in [0.717, 1.165) is 17.8 Å². The monoisotopic (exact) mass is 218 g/mol. The van der Waals surface area contributed by atoms with Gasteiger partial charge < -0.3 is 10.3 Å². The molecule has 1 heterocycles. The van der Waals surface area contributed by atoms with Crippen LogP contribution in [0.4, 0.5) is 0 Å². The predicted octanol–water partition coefficient (Wildman–Crippen LogP) is 1.67. The van der Waals surface area contributed by atoms with Gasteiger partial charge in [0.1, 0.15) is 0 Å². The molecule has 0 fully saturated rings. The third-order valence-corrected chi connectivity index (χ3v) is 2.57. The van der Waals surface area contributed by atoms with Gasteiger partial charge in [-0.05, 0) is 12.5 Å². The lowest BCUT2D eigenvalue weighted by Gasteiger charge is -2.01. The second-order valence-electron chi connectivity index (χ2n) is 2.73. The average Bonchev–Trinajstić information content (AvgIpc) is 2.51. The minimum atomic E-state index is -0.0126. The number of H-pyrrole nitrogens is 1. The molecule has 1 rings (SSSR count). The van der Waals surface area contributed by atoms with E-state index < -0.39 is 0 Å². The van der Waals surface area contributed by atoms with Crippen LogP contribution in [0.25, 0.3) is 0 Å². The van der Waals surface area contributed by atoms with E-state index >= 15 is 0 Å². The van der Waals surface area contributed by atoms with Gasteiger partial charge in [-0.3, -0.25) is 4.79 Å². The summed E-state index contributed by atoms with van der Waals surface area (Å²) in [6.45, 7) is 3.35. The Balaban J connectivity index is 2.32. The molecule has 5 heteroatoms. The molecule has 0 unspecified atom stereocenters. The van der Waals surface area contributed by atoms with Gasteiger partial charge in [0.2, 0.25) is 0 Å². The maximum atomic E-state index is 10.7. The number of hydrogen-bond acceptors (Lipinski definition) is 3. The maximum absolute atomic E-state index is 10.7. The van der Waals surface area contributed by atoms with E-state index in [4.69, 9.17) is 11.6 Å². The van der Waals surface area contributed by atoms with Crippen LogP contribution < -0.4 is 10.2 Å². The van der Waals surface area contributed by atoms with Crippen molar-refractivity contribution in [1.29, 1.82) is 0 Å². The molecule has 0 saturated carbocycles. The molecule has 72 valence electrons. The first-order valence-electron chi connectivity index (χ1n) is 3.85. The molecule has 2 N–H and O–H groups in total. The number of thiazole rings is 1. The van der Waals surface area contributed by atoms with Gasteiger partial charge in [0.15, 0.2) is 0 Å². The number of aromatic amines is 1. The normalized spacial score (nSPS) is 12.0. The Hall–Kier alpha value is -0.580. The van der Waals surface area contributed by atoms with Crippen molar-refractivity contribution in [3.63, 3.8) is 0 Å². The van der Waals surface area contributed by atoms with Crippen LogP contribution in [-0.4, -0.2) is 11.5 Å². The van der Waals surface area contributed by atoms with Crippen molar-refractivity contribution in [2.24, 2.45) is 0 Å². The zero-order chi connectivity index (χ0) is 9.68. The van der Waals surface area contributed by atoms with Crippen LogP contribution in [0.5, 0.6) is 0 Å². The Morgan fingerprint density at radius 1 is 1.85 bits per heavy atom. The van der Waals surface area contributed by atoms with E-state index in [1.54, 1.807) is 5.54 Å². The fourth-order valence-corrected chi connectivity index (χ4v) is 1.49. The summed E-state index contributed by atoms with van der Waals surface area (Å²) in [7, 11) is 0. The van der Waals surface area contributed by atoms with Gasteiger partial charge in [-0.15, -0.1) is 0 Å². The molecule has 0 saturated heterocycles. The third-order valence-electron chi connectivity index (χ3n) is 1.48. The van der Waals surface area contributed by atoms with Crippen LogP contribution in [0.3, 0.4) is 0 Å². The van der Waals surface area contributed by atoms with Crippen molar-refractivity contribution in [3.05, 3.63) is 31.8 Å². The molecule has 0 aliphatic heterocycles. The molecule has 0 aliphatic rings. The van der Waals surface area contributed by atoms with Gasteiger partial charge in [-0.2, -0.15) is 0 Å². The molecule has 0 bridgehead atoms. The number of nitrogens with one attached hydrogen (secondary N) is 2. The molecule has 0 radical (unpaired) electrons. The lowest BCUT2D eigenvalue weighted by Crippen LogP contribution is -2.16. The predicted molar refractivity (Wildman–Crippen MR) is 56.3 cm³/mol. The highest BCUT2D eigenvalue weighted by Gasteiger charge is 1.95. The van der Waals surface area contributed by atoms with Crippen LogP contribution >= 0.6 is 22.9 Å². The minimum Gasteiger partial charge on any atom is -0.315 e. The van der Waals surface area contributed by atoms with E-state index in [1.165, 1.54) is 11.3 Å². The molecular formula is C8H11ClN2OS. The second-order valence-corrected chi connectivity index (χ2v) is 3.79. The Morgan fingerprint density at radius 3 is 3.15 bits per heavy atom. The van der Waals surface area contributed by atoms with E-state index in [9.17, 15) is 4.79 Å². The van der Waals surface area contributed by atoms with E-state index in [0.29, 0.717) is 6.54 Å². The van der Waals surface area contributed by atoms with Crippen LogP contribution in [0.2, 0.25) is 0 Å². The molecule has 0 atom stereocenters. The summed E-state index contributed by atoms with van der Waals surface area (Å²) >= 11 is 6.66. The first kappa shape index (κ1) is 10.5. The summed E-state index contributed by atoms with van der Waals surface area (Å²) in [5.41, 5.74) is 3.53. The standard InChI is InChI=1S/C8H11ClN2OS/c1-6(2-9)3-10-4-7-5-13-8(12)11-7/h2,5,10H,3-4H2,1H3,(H,11,12). The highest BCUT2D eigenvalue weighted by molar-refractivity contribution is 7.07. The smallest absolute Gasteiger partial charge is 0.304 e.